The highest BCUT2D eigenvalue weighted by atomic mass is 16.5. The van der Waals surface area contributed by atoms with Crippen LogP contribution in [0.25, 0.3) is 0 Å². The Morgan fingerprint density at radius 2 is 1.13 bits per heavy atom. The van der Waals surface area contributed by atoms with Gasteiger partial charge in [-0.25, -0.2) is 0 Å². The maximum Gasteiger partial charge on any atom is 0.205 e. The molecule has 0 atom stereocenters. The van der Waals surface area contributed by atoms with Gasteiger partial charge in [-0.3, -0.25) is 21.2 Å². The number of nitrogens with one attached hydrogen (secondary N) is 3. The van der Waals surface area contributed by atoms with Crippen molar-refractivity contribution >= 4 is 23.5 Å². The molecule has 0 aromatic heterocycles. The van der Waals surface area contributed by atoms with Crippen molar-refractivity contribution in [2.75, 3.05) is 13.2 Å². The van der Waals surface area contributed by atoms with Gasteiger partial charge in [0.15, 0.2) is 11.8 Å². The molecule has 1 aliphatic carbocycles. The normalized spacial score (nSPS) is 16.3. The van der Waals surface area contributed by atoms with Crippen molar-refractivity contribution in [3.8, 4) is 11.5 Å². The molecule has 5 N–H and O–H groups in total. The molecule has 1 fully saturated rings. The molecule has 0 amide bonds. The fraction of sp³-hybridized carbons (Fsp3) is 0.474. The lowest BCUT2D eigenvalue weighted by Gasteiger charge is -2.28. The Morgan fingerprint density at radius 3 is 1.59 bits per heavy atom. The molecule has 46 heavy (non-hydrogen) atoms. The van der Waals surface area contributed by atoms with Crippen LogP contribution in [-0.2, 0) is 17.6 Å². The van der Waals surface area contributed by atoms with Gasteiger partial charge in [0.05, 0.1) is 6.61 Å². The SMILES string of the molecule is C=CC(=N)OCCCCCCc1ccc(OC(=N)C2CCC(C(=N)Oc3ccc(CCCCCCN=C(N)C=C)cc3)CC2)cc1. The molecule has 8 heteroatoms. The van der Waals surface area contributed by atoms with Crippen LogP contribution >= 0.6 is 0 Å². The first-order valence-corrected chi connectivity index (χ1v) is 16.8. The molecule has 0 aliphatic heterocycles. The summed E-state index contributed by atoms with van der Waals surface area (Å²) in [5, 5.41) is 24.5. The zero-order valence-electron chi connectivity index (χ0n) is 27.4. The Labute approximate surface area is 275 Å². The molecule has 2 aromatic rings. The van der Waals surface area contributed by atoms with Crippen LogP contribution in [0.15, 0.2) is 78.8 Å². The second-order valence-electron chi connectivity index (χ2n) is 12.0. The number of aryl methyl sites for hydroxylation is 2. The number of hydrogen-bond donors (Lipinski definition) is 4. The van der Waals surface area contributed by atoms with E-state index in [0.717, 1.165) is 96.4 Å². The van der Waals surface area contributed by atoms with Crippen molar-refractivity contribution < 1.29 is 14.2 Å². The molecule has 0 heterocycles. The fourth-order valence-corrected chi connectivity index (χ4v) is 5.58. The van der Waals surface area contributed by atoms with Crippen molar-refractivity contribution in [2.24, 2.45) is 22.6 Å². The highest BCUT2D eigenvalue weighted by Crippen LogP contribution is 2.32. The molecule has 0 bridgehead atoms. The van der Waals surface area contributed by atoms with Crippen LogP contribution in [-0.4, -0.2) is 36.7 Å². The first-order valence-electron chi connectivity index (χ1n) is 16.8. The zero-order chi connectivity index (χ0) is 33.0. The predicted octanol–water partition coefficient (Wildman–Crippen LogP) is 8.83. The third-order valence-electron chi connectivity index (χ3n) is 8.45. The number of aliphatic imine (C=N–C) groups is 1. The number of nitrogens with two attached hydrogens (primary N) is 1. The summed E-state index contributed by atoms with van der Waals surface area (Å²) in [5.74, 6) is 2.83. The number of amidine groups is 1. The number of hydrogen-bond acceptors (Lipinski definition) is 7. The van der Waals surface area contributed by atoms with E-state index in [1.165, 1.54) is 17.2 Å². The lowest BCUT2D eigenvalue weighted by molar-refractivity contribution is 0.292. The lowest BCUT2D eigenvalue weighted by atomic mass is 9.81. The quantitative estimate of drug-likeness (QED) is 0.0662. The van der Waals surface area contributed by atoms with Gasteiger partial charge in [0.2, 0.25) is 5.90 Å². The van der Waals surface area contributed by atoms with E-state index >= 15 is 0 Å². The fourth-order valence-electron chi connectivity index (χ4n) is 5.58. The minimum Gasteiger partial charge on any atom is -0.478 e. The van der Waals surface area contributed by atoms with E-state index in [9.17, 15) is 0 Å². The maximum atomic E-state index is 8.54. The van der Waals surface area contributed by atoms with Gasteiger partial charge in [0.25, 0.3) is 0 Å². The molecule has 0 unspecified atom stereocenters. The predicted molar refractivity (Wildman–Crippen MR) is 190 cm³/mol. The summed E-state index contributed by atoms with van der Waals surface area (Å²) >= 11 is 0. The Morgan fingerprint density at radius 1 is 0.674 bits per heavy atom. The van der Waals surface area contributed by atoms with E-state index in [2.05, 4.69) is 42.4 Å². The summed E-state index contributed by atoms with van der Waals surface area (Å²) in [6, 6.07) is 16.2. The van der Waals surface area contributed by atoms with E-state index in [0.29, 0.717) is 35.7 Å². The maximum absolute atomic E-state index is 8.54. The van der Waals surface area contributed by atoms with Crippen molar-refractivity contribution in [1.29, 1.82) is 16.2 Å². The van der Waals surface area contributed by atoms with E-state index in [-0.39, 0.29) is 17.7 Å². The molecular formula is C38H53N5O3. The number of rotatable bonds is 20. The lowest BCUT2D eigenvalue weighted by Crippen LogP contribution is -2.29. The number of benzene rings is 2. The molecule has 2 aromatic carbocycles. The van der Waals surface area contributed by atoms with Crippen molar-refractivity contribution in [2.45, 2.75) is 89.9 Å². The van der Waals surface area contributed by atoms with Crippen LogP contribution in [0.5, 0.6) is 11.5 Å². The van der Waals surface area contributed by atoms with E-state index < -0.39 is 0 Å². The van der Waals surface area contributed by atoms with Gasteiger partial charge in [0, 0.05) is 18.4 Å². The van der Waals surface area contributed by atoms with Crippen molar-refractivity contribution in [3.05, 3.63) is 85.0 Å². The largest absolute Gasteiger partial charge is 0.478 e. The van der Waals surface area contributed by atoms with E-state index in [4.69, 9.17) is 36.2 Å². The summed E-state index contributed by atoms with van der Waals surface area (Å²) in [4.78, 5) is 4.24. The first kappa shape index (κ1) is 36.3. The third-order valence-corrected chi connectivity index (χ3v) is 8.45. The highest BCUT2D eigenvalue weighted by Gasteiger charge is 2.29. The van der Waals surface area contributed by atoms with E-state index in [1.807, 2.05) is 24.3 Å². The molecule has 1 aliphatic rings. The second kappa shape index (κ2) is 20.8. The molecule has 1 saturated carbocycles. The topological polar surface area (TPSA) is 138 Å². The monoisotopic (exact) mass is 627 g/mol. The van der Waals surface area contributed by atoms with Crippen LogP contribution in [0.4, 0.5) is 0 Å². The van der Waals surface area contributed by atoms with Gasteiger partial charge >= 0.3 is 0 Å². The molecule has 248 valence electrons. The standard InChI is InChI=1S/C38H53N5O3/c1-3-35(39)43-27-11-7-5-9-13-29-15-23-33(24-16-29)45-37(41)31-19-21-32(22-20-31)38(42)46-34-25-17-30(18-26-34)14-10-6-8-12-28-44-36(40)4-2/h3-4,15-18,23-26,31-32,40-42H,1-2,5-14,19-22,27-28H2,(H2,39,43). The molecular weight excluding hydrogens is 574 g/mol. The third kappa shape index (κ3) is 13.8. The van der Waals surface area contributed by atoms with Gasteiger partial charge in [-0.15, -0.1) is 0 Å². The Hall–Kier alpha value is -4.20. The minimum absolute atomic E-state index is 0.0696. The minimum atomic E-state index is 0.0696. The van der Waals surface area contributed by atoms with Crippen LogP contribution in [0, 0.1) is 28.1 Å². The van der Waals surface area contributed by atoms with Crippen LogP contribution in [0.2, 0.25) is 0 Å². The van der Waals surface area contributed by atoms with Crippen LogP contribution in [0.3, 0.4) is 0 Å². The molecule has 0 saturated heterocycles. The number of ether oxygens (including phenoxy) is 3. The summed E-state index contributed by atoms with van der Waals surface area (Å²) in [7, 11) is 0. The summed E-state index contributed by atoms with van der Waals surface area (Å²) in [6.45, 7) is 8.46. The van der Waals surface area contributed by atoms with Crippen LogP contribution in [0.1, 0.15) is 88.2 Å². The molecule has 3 rings (SSSR count). The molecule has 0 spiro atoms. The van der Waals surface area contributed by atoms with Gasteiger partial charge in [-0.05, 0) is 112 Å². The summed E-state index contributed by atoms with van der Waals surface area (Å²) in [5.41, 5.74) is 8.18. The highest BCUT2D eigenvalue weighted by molar-refractivity contribution is 5.90. The number of nitrogens with zero attached hydrogens (tertiary/aromatic N) is 1. The zero-order valence-corrected chi connectivity index (χ0v) is 27.4. The van der Waals surface area contributed by atoms with Crippen molar-refractivity contribution in [3.63, 3.8) is 0 Å². The first-order chi connectivity index (χ1) is 22.4. The van der Waals surface area contributed by atoms with Crippen LogP contribution < -0.4 is 15.2 Å². The Bertz CT molecular complexity index is 1280. The van der Waals surface area contributed by atoms with Gasteiger partial charge in [-0.2, -0.15) is 0 Å². The summed E-state index contributed by atoms with van der Waals surface area (Å²) in [6.07, 6.45) is 17.0. The average Bonchev–Trinajstić information content (AvgIpc) is 3.08. The van der Waals surface area contributed by atoms with Gasteiger partial charge < -0.3 is 19.9 Å². The number of unbranched alkanes of at least 4 members (excludes halogenated alkanes) is 6. The molecule has 0 radical (unpaired) electrons. The van der Waals surface area contributed by atoms with Gasteiger partial charge in [0.1, 0.15) is 17.3 Å². The Balaban J connectivity index is 1.28. The van der Waals surface area contributed by atoms with Crippen molar-refractivity contribution in [1.82, 2.24) is 0 Å². The summed E-state index contributed by atoms with van der Waals surface area (Å²) < 4.78 is 17.1. The smallest absolute Gasteiger partial charge is 0.205 e. The second-order valence-corrected chi connectivity index (χ2v) is 12.0. The molecule has 8 nitrogen and oxygen atoms in total. The Kier molecular flexibility index (Phi) is 16.4. The van der Waals surface area contributed by atoms with Gasteiger partial charge in [-0.1, -0.05) is 63.1 Å². The average molecular weight is 628 g/mol. The van der Waals surface area contributed by atoms with E-state index in [1.54, 1.807) is 6.08 Å².